The van der Waals surface area contributed by atoms with Crippen molar-refractivity contribution in [1.29, 1.82) is 0 Å². The molecule has 18 heavy (non-hydrogen) atoms. The monoisotopic (exact) mass is 248 g/mol. The molecule has 5 nitrogen and oxygen atoms in total. The zero-order chi connectivity index (χ0) is 13.0. The van der Waals surface area contributed by atoms with Crippen molar-refractivity contribution in [3.8, 4) is 5.75 Å². The fourth-order valence-corrected chi connectivity index (χ4v) is 1.53. The van der Waals surface area contributed by atoms with E-state index < -0.39 is 0 Å². The van der Waals surface area contributed by atoms with Crippen LogP contribution < -0.4 is 10.6 Å². The first-order valence-corrected chi connectivity index (χ1v) is 6.02. The van der Waals surface area contributed by atoms with Gasteiger partial charge in [-0.1, -0.05) is 0 Å². The van der Waals surface area contributed by atoms with Gasteiger partial charge in [0.2, 0.25) is 5.91 Å². The fourth-order valence-electron chi connectivity index (χ4n) is 1.53. The molecule has 1 fully saturated rings. The van der Waals surface area contributed by atoms with Crippen molar-refractivity contribution in [3.63, 3.8) is 0 Å². The molecule has 96 valence electrons. The molecule has 1 aliphatic carbocycles. The van der Waals surface area contributed by atoms with Gasteiger partial charge in [-0.15, -0.1) is 0 Å². The third kappa shape index (κ3) is 3.76. The van der Waals surface area contributed by atoms with E-state index in [2.05, 4.69) is 10.6 Å². The molecule has 1 saturated carbocycles. The smallest absolute Gasteiger partial charge is 0.251 e. The van der Waals surface area contributed by atoms with Gasteiger partial charge in [0.1, 0.15) is 5.75 Å². The number of phenols is 1. The lowest BCUT2D eigenvalue weighted by Crippen LogP contribution is -2.31. The number of nitrogens with one attached hydrogen (secondary N) is 2. The number of aromatic hydroxyl groups is 1. The third-order valence-corrected chi connectivity index (χ3v) is 2.71. The molecule has 3 N–H and O–H groups in total. The second-order valence-electron chi connectivity index (χ2n) is 4.39. The second kappa shape index (κ2) is 5.53. The van der Waals surface area contributed by atoms with Gasteiger partial charge in [-0.25, -0.2) is 0 Å². The van der Waals surface area contributed by atoms with E-state index in [9.17, 15) is 9.59 Å². The van der Waals surface area contributed by atoms with Crippen LogP contribution in [0.2, 0.25) is 0 Å². The number of amides is 2. The lowest BCUT2D eigenvalue weighted by molar-refractivity contribution is -0.121. The summed E-state index contributed by atoms with van der Waals surface area (Å²) in [6.45, 7) is 0.318. The van der Waals surface area contributed by atoms with Crippen molar-refractivity contribution >= 4 is 11.8 Å². The molecular formula is C13H16N2O3. The van der Waals surface area contributed by atoms with Crippen molar-refractivity contribution in [3.05, 3.63) is 29.8 Å². The summed E-state index contributed by atoms with van der Waals surface area (Å²) < 4.78 is 0. The molecule has 1 aromatic rings. The first-order chi connectivity index (χ1) is 8.65. The second-order valence-corrected chi connectivity index (χ2v) is 4.39. The first-order valence-electron chi connectivity index (χ1n) is 6.02. The van der Waals surface area contributed by atoms with Crippen LogP contribution in [0.1, 0.15) is 29.6 Å². The largest absolute Gasteiger partial charge is 0.508 e. The molecule has 0 radical (unpaired) electrons. The van der Waals surface area contributed by atoms with Crippen LogP contribution in [-0.4, -0.2) is 29.5 Å². The number of hydrogen-bond donors (Lipinski definition) is 3. The van der Waals surface area contributed by atoms with Gasteiger partial charge >= 0.3 is 0 Å². The summed E-state index contributed by atoms with van der Waals surface area (Å²) in [5.41, 5.74) is 0.468. The zero-order valence-electron chi connectivity index (χ0n) is 9.98. The van der Waals surface area contributed by atoms with Gasteiger partial charge < -0.3 is 15.7 Å². The minimum absolute atomic E-state index is 0.0245. The van der Waals surface area contributed by atoms with Crippen LogP contribution in [0.4, 0.5) is 0 Å². The van der Waals surface area contributed by atoms with Crippen LogP contribution in [0, 0.1) is 0 Å². The molecule has 2 rings (SSSR count). The van der Waals surface area contributed by atoms with E-state index in [1.807, 2.05) is 0 Å². The lowest BCUT2D eigenvalue weighted by Gasteiger charge is -2.06. The van der Waals surface area contributed by atoms with Crippen molar-refractivity contribution in [1.82, 2.24) is 10.6 Å². The van der Waals surface area contributed by atoms with E-state index >= 15 is 0 Å². The number of carbonyl (C=O) groups excluding carboxylic acids is 2. The molecule has 0 unspecified atom stereocenters. The lowest BCUT2D eigenvalue weighted by atomic mass is 10.2. The maximum Gasteiger partial charge on any atom is 0.251 e. The Hall–Kier alpha value is -2.04. The van der Waals surface area contributed by atoms with E-state index in [0.29, 0.717) is 24.6 Å². The highest BCUT2D eigenvalue weighted by atomic mass is 16.3. The maximum absolute atomic E-state index is 11.6. The van der Waals surface area contributed by atoms with Gasteiger partial charge in [-0.2, -0.15) is 0 Å². The Morgan fingerprint density at radius 2 is 1.89 bits per heavy atom. The normalized spacial score (nSPS) is 14.0. The molecule has 0 atom stereocenters. The van der Waals surface area contributed by atoms with Crippen molar-refractivity contribution in [2.75, 3.05) is 6.54 Å². The van der Waals surface area contributed by atoms with Gasteiger partial charge in [0, 0.05) is 24.6 Å². The highest BCUT2D eigenvalue weighted by Crippen LogP contribution is 2.18. The van der Waals surface area contributed by atoms with Gasteiger partial charge in [-0.3, -0.25) is 9.59 Å². The Labute approximate surface area is 105 Å². The quantitative estimate of drug-likeness (QED) is 0.721. The van der Waals surface area contributed by atoms with Crippen molar-refractivity contribution in [2.45, 2.75) is 25.3 Å². The summed E-state index contributed by atoms with van der Waals surface area (Å²) in [4.78, 5) is 23.0. The molecular weight excluding hydrogens is 232 g/mol. The van der Waals surface area contributed by atoms with E-state index in [4.69, 9.17) is 5.11 Å². The number of benzene rings is 1. The molecule has 0 aromatic heterocycles. The van der Waals surface area contributed by atoms with Crippen molar-refractivity contribution in [2.24, 2.45) is 0 Å². The van der Waals surface area contributed by atoms with E-state index in [0.717, 1.165) is 12.8 Å². The highest BCUT2D eigenvalue weighted by molar-refractivity contribution is 5.94. The van der Waals surface area contributed by atoms with E-state index in [1.54, 1.807) is 0 Å². The average Bonchev–Trinajstić information content (AvgIpc) is 3.13. The first kappa shape index (κ1) is 12.4. The van der Waals surface area contributed by atoms with Crippen molar-refractivity contribution < 1.29 is 14.7 Å². The average molecular weight is 248 g/mol. The predicted molar refractivity (Wildman–Crippen MR) is 66.2 cm³/mol. The zero-order valence-corrected chi connectivity index (χ0v) is 9.98. The minimum atomic E-state index is -0.241. The van der Waals surface area contributed by atoms with Gasteiger partial charge in [0.05, 0.1) is 0 Å². The van der Waals surface area contributed by atoms with Crippen LogP contribution in [0.25, 0.3) is 0 Å². The fraction of sp³-hybridized carbons (Fsp3) is 0.385. The minimum Gasteiger partial charge on any atom is -0.508 e. The summed E-state index contributed by atoms with van der Waals surface area (Å²) in [6, 6.07) is 6.33. The Bertz CT molecular complexity index is 438. The number of rotatable bonds is 5. The van der Waals surface area contributed by atoms with Crippen LogP contribution in [-0.2, 0) is 4.79 Å². The van der Waals surface area contributed by atoms with Gasteiger partial charge in [0.15, 0.2) is 0 Å². The summed E-state index contributed by atoms with van der Waals surface area (Å²) >= 11 is 0. The third-order valence-electron chi connectivity index (χ3n) is 2.71. The molecule has 0 heterocycles. The molecule has 1 aliphatic rings. The number of phenolic OH excluding ortho intramolecular Hbond substituents is 1. The standard InChI is InChI=1S/C13H16N2O3/c16-11-5-1-9(2-6-11)13(18)14-8-7-12(17)15-10-3-4-10/h1-2,5-6,10,16H,3-4,7-8H2,(H,14,18)(H,15,17). The highest BCUT2D eigenvalue weighted by Gasteiger charge is 2.22. The summed E-state index contributed by atoms with van der Waals surface area (Å²) in [7, 11) is 0. The molecule has 5 heteroatoms. The molecule has 0 aliphatic heterocycles. The number of hydrogen-bond acceptors (Lipinski definition) is 3. The SMILES string of the molecule is O=C(CCNC(=O)c1ccc(O)cc1)NC1CC1. The summed E-state index contributed by atoms with van der Waals surface area (Å²) in [5, 5.41) is 14.6. The predicted octanol–water partition coefficient (Wildman–Crippen LogP) is 0.791. The van der Waals surface area contributed by atoms with Crippen LogP contribution in [0.5, 0.6) is 5.75 Å². The Morgan fingerprint density at radius 1 is 1.22 bits per heavy atom. The van der Waals surface area contributed by atoms with Gasteiger partial charge in [0.25, 0.3) is 5.91 Å². The Kier molecular flexibility index (Phi) is 3.82. The maximum atomic E-state index is 11.6. The molecule has 0 saturated heterocycles. The molecule has 1 aromatic carbocycles. The Morgan fingerprint density at radius 3 is 2.50 bits per heavy atom. The van der Waals surface area contributed by atoms with E-state index in [1.165, 1.54) is 24.3 Å². The molecule has 0 bridgehead atoms. The van der Waals surface area contributed by atoms with Crippen LogP contribution in [0.15, 0.2) is 24.3 Å². The van der Waals surface area contributed by atoms with E-state index in [-0.39, 0.29) is 17.6 Å². The van der Waals surface area contributed by atoms with Crippen LogP contribution in [0.3, 0.4) is 0 Å². The molecule has 2 amide bonds. The summed E-state index contributed by atoms with van der Waals surface area (Å²) in [6.07, 6.45) is 2.41. The summed E-state index contributed by atoms with van der Waals surface area (Å²) in [5.74, 6) is -0.145. The topological polar surface area (TPSA) is 78.4 Å². The van der Waals surface area contributed by atoms with Gasteiger partial charge in [-0.05, 0) is 37.1 Å². The number of carbonyl (C=O) groups is 2. The Balaban J connectivity index is 1.70. The van der Waals surface area contributed by atoms with Crippen LogP contribution >= 0.6 is 0 Å². The molecule has 0 spiro atoms.